The van der Waals surface area contributed by atoms with Crippen LogP contribution in [0.5, 0.6) is 0 Å². The molecule has 0 aromatic heterocycles. The molecule has 0 aromatic rings. The van der Waals surface area contributed by atoms with Crippen LogP contribution in [-0.4, -0.2) is 34.5 Å². The van der Waals surface area contributed by atoms with E-state index in [1.807, 2.05) is 0 Å². The summed E-state index contributed by atoms with van der Waals surface area (Å²) >= 11 is 0. The van der Waals surface area contributed by atoms with Gasteiger partial charge in [0.2, 0.25) is 5.91 Å². The van der Waals surface area contributed by atoms with Crippen molar-refractivity contribution in [2.45, 2.75) is 32.2 Å². The number of carboxylic acid groups (broad SMARTS) is 1. The number of hydrogen-bond donors (Lipinski definition) is 1. The molecule has 1 saturated heterocycles. The molecule has 4 heteroatoms. The van der Waals surface area contributed by atoms with Crippen LogP contribution in [0.25, 0.3) is 0 Å². The summed E-state index contributed by atoms with van der Waals surface area (Å²) in [6, 6.07) is -0.0694. The normalized spacial score (nSPS) is 22.8. The number of carboxylic acids is 1. The number of nitrogens with zero attached hydrogens (tertiary/aromatic N) is 1. The van der Waals surface area contributed by atoms with Crippen molar-refractivity contribution in [2.24, 2.45) is 0 Å². The molecule has 1 unspecified atom stereocenters. The van der Waals surface area contributed by atoms with E-state index in [2.05, 4.69) is 0 Å². The van der Waals surface area contributed by atoms with Gasteiger partial charge in [-0.3, -0.25) is 9.59 Å². The quantitative estimate of drug-likeness (QED) is 0.657. The third-order valence-electron chi connectivity index (χ3n) is 2.19. The monoisotopic (exact) mass is 171 g/mol. The highest BCUT2D eigenvalue weighted by molar-refractivity contribution is 5.75. The average molecular weight is 171 g/mol. The highest BCUT2D eigenvalue weighted by Gasteiger charge is 2.27. The van der Waals surface area contributed by atoms with Crippen molar-refractivity contribution < 1.29 is 14.7 Å². The minimum absolute atomic E-state index is 0.0150. The number of amides is 1. The lowest BCUT2D eigenvalue weighted by Gasteiger charge is -2.21. The van der Waals surface area contributed by atoms with E-state index >= 15 is 0 Å². The largest absolute Gasteiger partial charge is 0.481 e. The fraction of sp³-hybridized carbons (Fsp3) is 0.750. The molecule has 1 aliphatic rings. The van der Waals surface area contributed by atoms with Crippen molar-refractivity contribution in [3.63, 3.8) is 0 Å². The first kappa shape index (κ1) is 9.03. The lowest BCUT2D eigenvalue weighted by Crippen LogP contribution is -2.35. The maximum atomic E-state index is 11.0. The highest BCUT2D eigenvalue weighted by Crippen LogP contribution is 2.19. The molecule has 68 valence electrons. The maximum absolute atomic E-state index is 11.0. The van der Waals surface area contributed by atoms with Gasteiger partial charge >= 0.3 is 5.97 Å². The van der Waals surface area contributed by atoms with E-state index in [0.717, 1.165) is 12.8 Å². The van der Waals surface area contributed by atoms with Gasteiger partial charge in [-0.05, 0) is 12.8 Å². The van der Waals surface area contributed by atoms with Crippen molar-refractivity contribution >= 4 is 11.9 Å². The molecule has 0 aliphatic carbocycles. The molecule has 4 nitrogen and oxygen atoms in total. The number of hydrogen-bond acceptors (Lipinski definition) is 2. The van der Waals surface area contributed by atoms with Gasteiger partial charge in [-0.15, -0.1) is 0 Å². The first-order valence-electron chi connectivity index (χ1n) is 4.10. The van der Waals surface area contributed by atoms with Gasteiger partial charge in [0, 0.05) is 19.5 Å². The summed E-state index contributed by atoms with van der Waals surface area (Å²) in [4.78, 5) is 23.0. The highest BCUT2D eigenvalue weighted by atomic mass is 16.4. The molecule has 1 rings (SSSR count). The average Bonchev–Trinajstić information content (AvgIpc) is 2.33. The first-order chi connectivity index (χ1) is 5.61. The van der Waals surface area contributed by atoms with Gasteiger partial charge in [0.25, 0.3) is 0 Å². The van der Waals surface area contributed by atoms with E-state index in [9.17, 15) is 9.59 Å². The Morgan fingerprint density at radius 3 is 2.75 bits per heavy atom. The predicted molar refractivity (Wildman–Crippen MR) is 42.7 cm³/mol. The molecule has 0 radical (unpaired) electrons. The molecule has 1 aliphatic heterocycles. The summed E-state index contributed by atoms with van der Waals surface area (Å²) in [5.74, 6) is -0.841. The summed E-state index contributed by atoms with van der Waals surface area (Å²) in [6.45, 7) is 2.20. The van der Waals surface area contributed by atoms with Gasteiger partial charge in [-0.1, -0.05) is 0 Å². The van der Waals surface area contributed by atoms with E-state index in [1.54, 1.807) is 4.90 Å². The molecule has 0 saturated carbocycles. The van der Waals surface area contributed by atoms with Gasteiger partial charge in [0.1, 0.15) is 0 Å². The zero-order valence-corrected chi connectivity index (χ0v) is 7.12. The molecule has 12 heavy (non-hydrogen) atoms. The molecule has 0 spiro atoms. The van der Waals surface area contributed by atoms with Crippen LogP contribution < -0.4 is 0 Å². The standard InChI is InChI=1S/C8H13NO3/c1-6(10)9-4-2-3-7(9)5-8(11)12/h7H,2-5H2,1H3,(H,11,12). The van der Waals surface area contributed by atoms with E-state index < -0.39 is 5.97 Å². The second kappa shape index (κ2) is 3.56. The van der Waals surface area contributed by atoms with Gasteiger partial charge in [0.05, 0.1) is 6.42 Å². The van der Waals surface area contributed by atoms with E-state index in [1.165, 1.54) is 6.92 Å². The number of aliphatic carboxylic acids is 1. The van der Waals surface area contributed by atoms with Crippen molar-refractivity contribution in [3.8, 4) is 0 Å². The summed E-state index contributed by atoms with van der Waals surface area (Å²) in [6.07, 6.45) is 1.84. The van der Waals surface area contributed by atoms with Crippen LogP contribution in [0.4, 0.5) is 0 Å². The molecule has 0 aromatic carbocycles. The van der Waals surface area contributed by atoms with Crippen LogP contribution in [0.2, 0.25) is 0 Å². The fourth-order valence-electron chi connectivity index (χ4n) is 1.66. The Morgan fingerprint density at radius 2 is 2.25 bits per heavy atom. The molecule has 1 heterocycles. The van der Waals surface area contributed by atoms with Crippen LogP contribution >= 0.6 is 0 Å². The minimum atomic E-state index is -0.826. The van der Waals surface area contributed by atoms with E-state index in [4.69, 9.17) is 5.11 Å². The van der Waals surface area contributed by atoms with Gasteiger partial charge < -0.3 is 10.0 Å². The number of likely N-dealkylation sites (tertiary alicyclic amines) is 1. The van der Waals surface area contributed by atoms with Crippen molar-refractivity contribution in [2.75, 3.05) is 6.54 Å². The SMILES string of the molecule is CC(=O)N1CCCC1CC(=O)O. The molecule has 0 bridgehead atoms. The summed E-state index contributed by atoms with van der Waals surface area (Å²) in [5, 5.41) is 8.54. The van der Waals surface area contributed by atoms with Crippen LogP contribution in [-0.2, 0) is 9.59 Å². The summed E-state index contributed by atoms with van der Waals surface area (Å²) < 4.78 is 0. The van der Waals surface area contributed by atoms with E-state index in [-0.39, 0.29) is 18.4 Å². The first-order valence-corrected chi connectivity index (χ1v) is 4.10. The van der Waals surface area contributed by atoms with Gasteiger partial charge in [0.15, 0.2) is 0 Å². The van der Waals surface area contributed by atoms with Gasteiger partial charge in [-0.25, -0.2) is 0 Å². The zero-order chi connectivity index (χ0) is 9.14. The second-order valence-electron chi connectivity index (χ2n) is 3.11. The molecular weight excluding hydrogens is 158 g/mol. The Morgan fingerprint density at radius 1 is 1.58 bits per heavy atom. The van der Waals surface area contributed by atoms with Crippen LogP contribution in [0.1, 0.15) is 26.2 Å². The second-order valence-corrected chi connectivity index (χ2v) is 3.11. The summed E-state index contributed by atoms with van der Waals surface area (Å²) in [7, 11) is 0. The van der Waals surface area contributed by atoms with E-state index in [0.29, 0.717) is 6.54 Å². The fourth-order valence-corrected chi connectivity index (χ4v) is 1.66. The molecule has 1 fully saturated rings. The third-order valence-corrected chi connectivity index (χ3v) is 2.19. The maximum Gasteiger partial charge on any atom is 0.305 e. The Labute approximate surface area is 71.2 Å². The lowest BCUT2D eigenvalue weighted by atomic mass is 10.1. The molecular formula is C8H13NO3. The predicted octanol–water partition coefficient (Wildman–Crippen LogP) is 0.472. The molecule has 1 amide bonds. The Bertz CT molecular complexity index is 202. The van der Waals surface area contributed by atoms with Gasteiger partial charge in [-0.2, -0.15) is 0 Å². The van der Waals surface area contributed by atoms with Crippen molar-refractivity contribution in [1.29, 1.82) is 0 Å². The number of carbonyl (C=O) groups is 2. The molecule has 1 atom stereocenters. The van der Waals surface area contributed by atoms with Crippen LogP contribution in [0.15, 0.2) is 0 Å². The zero-order valence-electron chi connectivity index (χ0n) is 7.12. The Balaban J connectivity index is 2.52. The van der Waals surface area contributed by atoms with Crippen LogP contribution in [0.3, 0.4) is 0 Å². The lowest BCUT2D eigenvalue weighted by molar-refractivity contribution is -0.139. The minimum Gasteiger partial charge on any atom is -0.481 e. The molecule has 1 N–H and O–H groups in total. The number of carbonyl (C=O) groups excluding carboxylic acids is 1. The van der Waals surface area contributed by atoms with Crippen molar-refractivity contribution in [1.82, 2.24) is 4.90 Å². The smallest absolute Gasteiger partial charge is 0.305 e. The van der Waals surface area contributed by atoms with Crippen molar-refractivity contribution in [3.05, 3.63) is 0 Å². The van der Waals surface area contributed by atoms with Crippen LogP contribution in [0, 0.1) is 0 Å². The third kappa shape index (κ3) is 1.96. The summed E-state index contributed by atoms with van der Waals surface area (Å²) in [5.41, 5.74) is 0. The Hall–Kier alpha value is -1.06. The number of rotatable bonds is 2. The topological polar surface area (TPSA) is 57.6 Å². The Kier molecular flexibility index (Phi) is 2.68.